The fourth-order valence-electron chi connectivity index (χ4n) is 4.12. The lowest BCUT2D eigenvalue weighted by molar-refractivity contribution is 0.559. The van der Waals surface area contributed by atoms with E-state index in [1.165, 1.54) is 18.2 Å². The van der Waals surface area contributed by atoms with Crippen LogP contribution >= 0.6 is 24.0 Å². The van der Waals surface area contributed by atoms with Gasteiger partial charge in [-0.05, 0) is 55.0 Å². The molecule has 2 N–H and O–H groups in total. The average molecular weight is 508 g/mol. The second-order valence-electron chi connectivity index (χ2n) is 8.03. The van der Waals surface area contributed by atoms with E-state index in [-0.39, 0.29) is 35.2 Å². The van der Waals surface area contributed by atoms with Crippen molar-refractivity contribution in [3.63, 3.8) is 0 Å². The number of nitrogens with zero attached hydrogens (tertiary/aromatic N) is 2. The summed E-state index contributed by atoms with van der Waals surface area (Å²) < 4.78 is 13.6. The lowest BCUT2D eigenvalue weighted by Crippen LogP contribution is -2.43. The van der Waals surface area contributed by atoms with Crippen LogP contribution in [0.4, 0.5) is 10.1 Å². The SMILES string of the molecule is CN=C(NCC1CCN(c2ccccc2)C1)NCC1(c2cccc(F)c2)CC1.I. The van der Waals surface area contributed by atoms with Crippen LogP contribution in [0.2, 0.25) is 0 Å². The van der Waals surface area contributed by atoms with Crippen LogP contribution in [0.25, 0.3) is 0 Å². The Morgan fingerprint density at radius 2 is 1.93 bits per heavy atom. The number of para-hydroxylation sites is 1. The van der Waals surface area contributed by atoms with E-state index < -0.39 is 0 Å². The van der Waals surface area contributed by atoms with Gasteiger partial charge in [-0.15, -0.1) is 24.0 Å². The third-order valence-electron chi connectivity index (χ3n) is 6.07. The Hall–Kier alpha value is -1.83. The molecular weight excluding hydrogens is 478 g/mol. The molecule has 0 spiro atoms. The van der Waals surface area contributed by atoms with Crippen LogP contribution in [0.5, 0.6) is 0 Å². The molecule has 1 unspecified atom stereocenters. The quantitative estimate of drug-likeness (QED) is 0.350. The zero-order valence-corrected chi connectivity index (χ0v) is 19.2. The molecule has 6 heteroatoms. The minimum absolute atomic E-state index is 0. The first-order chi connectivity index (χ1) is 13.7. The molecule has 0 bridgehead atoms. The lowest BCUT2D eigenvalue weighted by atomic mass is 9.96. The second-order valence-corrected chi connectivity index (χ2v) is 8.03. The fraction of sp³-hybridized carbons (Fsp3) is 0.435. The summed E-state index contributed by atoms with van der Waals surface area (Å²) in [5, 5.41) is 6.94. The first-order valence-electron chi connectivity index (χ1n) is 10.2. The van der Waals surface area contributed by atoms with Crippen molar-refractivity contribution in [3.8, 4) is 0 Å². The van der Waals surface area contributed by atoms with Gasteiger partial charge in [0.1, 0.15) is 5.82 Å². The van der Waals surface area contributed by atoms with Crippen molar-refractivity contribution in [2.45, 2.75) is 24.7 Å². The smallest absolute Gasteiger partial charge is 0.191 e. The molecular formula is C23H30FIN4. The van der Waals surface area contributed by atoms with Crippen molar-refractivity contribution >= 4 is 35.6 Å². The van der Waals surface area contributed by atoms with Gasteiger partial charge in [0.2, 0.25) is 0 Å². The molecule has 1 saturated heterocycles. The lowest BCUT2D eigenvalue weighted by Gasteiger charge is -2.21. The number of hydrogen-bond donors (Lipinski definition) is 2. The highest BCUT2D eigenvalue weighted by atomic mass is 127. The van der Waals surface area contributed by atoms with Gasteiger partial charge in [0.15, 0.2) is 5.96 Å². The molecule has 1 aliphatic heterocycles. The van der Waals surface area contributed by atoms with Gasteiger partial charge in [0.25, 0.3) is 0 Å². The summed E-state index contributed by atoms with van der Waals surface area (Å²) in [7, 11) is 1.81. The summed E-state index contributed by atoms with van der Waals surface area (Å²) in [6, 6.07) is 17.6. The Morgan fingerprint density at radius 3 is 2.62 bits per heavy atom. The first-order valence-corrected chi connectivity index (χ1v) is 10.2. The van der Waals surface area contributed by atoms with Crippen LogP contribution in [0.3, 0.4) is 0 Å². The molecule has 2 fully saturated rings. The molecule has 2 aliphatic rings. The summed E-state index contributed by atoms with van der Waals surface area (Å²) in [4.78, 5) is 6.83. The van der Waals surface area contributed by atoms with E-state index in [1.807, 2.05) is 13.1 Å². The molecule has 2 aromatic carbocycles. The Balaban J connectivity index is 0.00000240. The van der Waals surface area contributed by atoms with Crippen molar-refractivity contribution in [1.29, 1.82) is 0 Å². The molecule has 1 aliphatic carbocycles. The number of anilines is 1. The van der Waals surface area contributed by atoms with Crippen molar-refractivity contribution < 1.29 is 4.39 Å². The topological polar surface area (TPSA) is 39.7 Å². The van der Waals surface area contributed by atoms with Crippen LogP contribution in [-0.4, -0.2) is 39.2 Å². The number of benzene rings is 2. The molecule has 0 radical (unpaired) electrons. The molecule has 1 atom stereocenters. The van der Waals surface area contributed by atoms with Gasteiger partial charge < -0.3 is 15.5 Å². The number of rotatable bonds is 6. The normalized spacial score (nSPS) is 20.1. The van der Waals surface area contributed by atoms with Crippen LogP contribution in [-0.2, 0) is 5.41 Å². The van der Waals surface area contributed by atoms with Crippen LogP contribution < -0.4 is 15.5 Å². The fourth-order valence-corrected chi connectivity index (χ4v) is 4.12. The predicted octanol–water partition coefficient (Wildman–Crippen LogP) is 4.17. The summed E-state index contributed by atoms with van der Waals surface area (Å²) >= 11 is 0. The Bertz CT molecular complexity index is 823. The monoisotopic (exact) mass is 508 g/mol. The maximum atomic E-state index is 13.6. The molecule has 2 aromatic rings. The Kier molecular flexibility index (Phi) is 7.38. The number of halogens is 2. The van der Waals surface area contributed by atoms with Crippen LogP contribution in [0, 0.1) is 11.7 Å². The summed E-state index contributed by atoms with van der Waals surface area (Å²) in [6.07, 6.45) is 3.37. The number of hydrogen-bond acceptors (Lipinski definition) is 2. The molecule has 4 rings (SSSR count). The average Bonchev–Trinajstić information content (AvgIpc) is 3.38. The molecule has 1 heterocycles. The Morgan fingerprint density at radius 1 is 1.14 bits per heavy atom. The maximum Gasteiger partial charge on any atom is 0.191 e. The number of guanidine groups is 1. The molecule has 156 valence electrons. The molecule has 0 aromatic heterocycles. The van der Waals surface area contributed by atoms with Gasteiger partial charge in [-0.3, -0.25) is 4.99 Å². The van der Waals surface area contributed by atoms with Crippen molar-refractivity contribution in [2.75, 3.05) is 38.1 Å². The molecule has 29 heavy (non-hydrogen) atoms. The minimum atomic E-state index is -0.157. The van der Waals surface area contributed by atoms with E-state index in [2.05, 4.69) is 50.9 Å². The van der Waals surface area contributed by atoms with Gasteiger partial charge in [0.05, 0.1) is 0 Å². The summed E-state index contributed by atoms with van der Waals surface area (Å²) in [6.45, 7) is 3.87. The highest BCUT2D eigenvalue weighted by Crippen LogP contribution is 2.47. The van der Waals surface area contributed by atoms with E-state index >= 15 is 0 Å². The number of nitrogens with one attached hydrogen (secondary N) is 2. The van der Waals surface area contributed by atoms with E-state index in [0.717, 1.165) is 50.5 Å². The van der Waals surface area contributed by atoms with Gasteiger partial charge in [-0.2, -0.15) is 0 Å². The van der Waals surface area contributed by atoms with Crippen LogP contribution in [0.15, 0.2) is 59.6 Å². The van der Waals surface area contributed by atoms with E-state index in [1.54, 1.807) is 12.1 Å². The predicted molar refractivity (Wildman–Crippen MR) is 129 cm³/mol. The Labute approximate surface area is 190 Å². The highest BCUT2D eigenvalue weighted by molar-refractivity contribution is 14.0. The molecule has 4 nitrogen and oxygen atoms in total. The third-order valence-corrected chi connectivity index (χ3v) is 6.07. The van der Waals surface area contributed by atoms with E-state index in [0.29, 0.717) is 5.92 Å². The van der Waals surface area contributed by atoms with Gasteiger partial charge >= 0.3 is 0 Å². The van der Waals surface area contributed by atoms with Gasteiger partial charge in [-0.25, -0.2) is 4.39 Å². The molecule has 1 saturated carbocycles. The first kappa shape index (κ1) is 21.9. The van der Waals surface area contributed by atoms with Crippen molar-refractivity contribution in [2.24, 2.45) is 10.9 Å². The summed E-state index contributed by atoms with van der Waals surface area (Å²) in [5.41, 5.74) is 2.44. The third kappa shape index (κ3) is 5.41. The largest absolute Gasteiger partial charge is 0.371 e. The zero-order chi connectivity index (χ0) is 19.4. The zero-order valence-electron chi connectivity index (χ0n) is 16.9. The second kappa shape index (κ2) is 9.78. The standard InChI is InChI=1S/C23H29FN4.HI/c1-25-22(27-17-23(11-12-23)19-6-5-7-20(24)14-19)26-15-18-10-13-28(16-18)21-8-3-2-4-9-21;/h2-9,14,18H,10-13,15-17H2,1H3,(H2,25,26,27);1H. The van der Waals surface area contributed by atoms with E-state index in [9.17, 15) is 4.39 Å². The minimum Gasteiger partial charge on any atom is -0.371 e. The van der Waals surface area contributed by atoms with Crippen molar-refractivity contribution in [1.82, 2.24) is 10.6 Å². The maximum absolute atomic E-state index is 13.6. The molecule has 0 amide bonds. The van der Waals surface area contributed by atoms with Gasteiger partial charge in [-0.1, -0.05) is 30.3 Å². The van der Waals surface area contributed by atoms with Crippen LogP contribution in [0.1, 0.15) is 24.8 Å². The van der Waals surface area contributed by atoms with Crippen molar-refractivity contribution in [3.05, 3.63) is 66.0 Å². The highest BCUT2D eigenvalue weighted by Gasteiger charge is 2.44. The summed E-state index contributed by atoms with van der Waals surface area (Å²) in [5.74, 6) is 1.29. The number of aliphatic imine (C=N–C) groups is 1. The van der Waals surface area contributed by atoms with Gasteiger partial charge in [0, 0.05) is 44.3 Å². The van der Waals surface area contributed by atoms with E-state index in [4.69, 9.17) is 0 Å².